The lowest BCUT2D eigenvalue weighted by Crippen LogP contribution is -2.20. The first kappa shape index (κ1) is 14.9. The van der Waals surface area contributed by atoms with Crippen molar-refractivity contribution in [3.63, 3.8) is 0 Å². The van der Waals surface area contributed by atoms with Gasteiger partial charge in [-0.3, -0.25) is 14.9 Å². The lowest BCUT2D eigenvalue weighted by molar-refractivity contribution is -0.385. The van der Waals surface area contributed by atoms with Gasteiger partial charge in [0.05, 0.1) is 4.92 Å². The van der Waals surface area contributed by atoms with Gasteiger partial charge in [-0.15, -0.1) is 0 Å². The van der Waals surface area contributed by atoms with E-state index >= 15 is 0 Å². The Hall–Kier alpha value is -2.17. The van der Waals surface area contributed by atoms with Crippen LogP contribution in [0, 0.1) is 24.0 Å². The van der Waals surface area contributed by atoms with Crippen molar-refractivity contribution in [3.05, 3.63) is 45.0 Å². The molecular formula is C14H18N2O3. The van der Waals surface area contributed by atoms with Gasteiger partial charge in [0.25, 0.3) is 5.69 Å². The van der Waals surface area contributed by atoms with Crippen molar-refractivity contribution in [3.8, 4) is 0 Å². The number of amides is 1. The van der Waals surface area contributed by atoms with Gasteiger partial charge in [-0.25, -0.2) is 0 Å². The molecule has 0 aromatic heterocycles. The molecule has 0 unspecified atom stereocenters. The molecule has 0 bridgehead atoms. The largest absolute Gasteiger partial charge is 0.356 e. The number of nitrogens with zero attached hydrogens (tertiary/aromatic N) is 1. The zero-order valence-electron chi connectivity index (χ0n) is 11.4. The molecule has 19 heavy (non-hydrogen) atoms. The first-order valence-corrected chi connectivity index (χ1v) is 6.08. The van der Waals surface area contributed by atoms with Gasteiger partial charge in [0.15, 0.2) is 0 Å². The summed E-state index contributed by atoms with van der Waals surface area (Å²) < 4.78 is 0. The van der Waals surface area contributed by atoms with Crippen LogP contribution in [-0.4, -0.2) is 17.4 Å². The van der Waals surface area contributed by atoms with Crippen LogP contribution < -0.4 is 5.32 Å². The summed E-state index contributed by atoms with van der Waals surface area (Å²) in [6, 6.07) is 3.39. The molecular weight excluding hydrogens is 244 g/mol. The molecule has 0 spiro atoms. The van der Waals surface area contributed by atoms with Crippen LogP contribution in [0.1, 0.15) is 30.0 Å². The van der Waals surface area contributed by atoms with Gasteiger partial charge in [0, 0.05) is 25.1 Å². The Balaban J connectivity index is 2.77. The Morgan fingerprint density at radius 2 is 2.05 bits per heavy atom. The van der Waals surface area contributed by atoms with E-state index in [0.29, 0.717) is 18.5 Å². The van der Waals surface area contributed by atoms with Crippen molar-refractivity contribution in [2.24, 2.45) is 0 Å². The van der Waals surface area contributed by atoms with E-state index in [1.165, 1.54) is 6.92 Å². The molecule has 1 aromatic rings. The molecule has 5 heteroatoms. The lowest BCUT2D eigenvalue weighted by atomic mass is 10.0. The van der Waals surface area contributed by atoms with Crippen molar-refractivity contribution in [1.82, 2.24) is 5.32 Å². The second kappa shape index (κ2) is 6.68. The smallest absolute Gasteiger partial charge is 0.272 e. The average Bonchev–Trinajstić information content (AvgIpc) is 2.30. The molecule has 0 saturated carbocycles. The molecule has 0 fully saturated rings. The van der Waals surface area contributed by atoms with Crippen molar-refractivity contribution < 1.29 is 9.72 Å². The van der Waals surface area contributed by atoms with E-state index in [0.717, 1.165) is 11.1 Å². The van der Waals surface area contributed by atoms with Crippen LogP contribution in [0.15, 0.2) is 18.2 Å². The fraction of sp³-hybridized carbons (Fsp3) is 0.357. The third-order valence-corrected chi connectivity index (χ3v) is 2.76. The highest BCUT2D eigenvalue weighted by Gasteiger charge is 2.11. The fourth-order valence-corrected chi connectivity index (χ4v) is 1.78. The van der Waals surface area contributed by atoms with E-state index in [2.05, 4.69) is 5.32 Å². The van der Waals surface area contributed by atoms with Gasteiger partial charge < -0.3 is 5.32 Å². The maximum Gasteiger partial charge on any atom is 0.272 e. The number of rotatable bonds is 5. The number of carbonyl (C=O) groups excluding carboxylic acids is 1. The Morgan fingerprint density at radius 3 is 2.63 bits per heavy atom. The van der Waals surface area contributed by atoms with Gasteiger partial charge in [-0.2, -0.15) is 0 Å². The maximum atomic E-state index is 10.9. The number of hydrogen-bond donors (Lipinski definition) is 1. The minimum atomic E-state index is -0.372. The third-order valence-electron chi connectivity index (χ3n) is 2.76. The molecule has 1 aromatic carbocycles. The molecule has 1 amide bonds. The molecule has 0 aliphatic carbocycles. The van der Waals surface area contributed by atoms with Crippen molar-refractivity contribution in [2.75, 3.05) is 6.54 Å². The third kappa shape index (κ3) is 4.54. The number of hydrogen-bond acceptors (Lipinski definition) is 3. The maximum absolute atomic E-state index is 10.9. The highest BCUT2D eigenvalue weighted by molar-refractivity contribution is 5.72. The Bertz CT molecular complexity index is 522. The summed E-state index contributed by atoms with van der Waals surface area (Å²) >= 11 is 0. The number of nitro groups is 1. The molecule has 102 valence electrons. The van der Waals surface area contributed by atoms with Crippen molar-refractivity contribution >= 4 is 17.7 Å². The zero-order valence-corrected chi connectivity index (χ0v) is 11.4. The van der Waals surface area contributed by atoms with Crippen LogP contribution in [-0.2, 0) is 4.79 Å². The van der Waals surface area contributed by atoms with Crippen LogP contribution >= 0.6 is 0 Å². The van der Waals surface area contributed by atoms with Crippen molar-refractivity contribution in [2.45, 2.75) is 27.2 Å². The van der Waals surface area contributed by atoms with Crippen LogP contribution in [0.5, 0.6) is 0 Å². The Kier molecular flexibility index (Phi) is 5.23. The summed E-state index contributed by atoms with van der Waals surface area (Å²) in [5.74, 6) is -0.0597. The molecule has 5 nitrogen and oxygen atoms in total. The Labute approximate surface area is 112 Å². The molecule has 0 aliphatic rings. The second-order valence-electron chi connectivity index (χ2n) is 4.43. The number of benzene rings is 1. The second-order valence-corrected chi connectivity index (χ2v) is 4.43. The van der Waals surface area contributed by atoms with Crippen LogP contribution in [0.3, 0.4) is 0 Å². The minimum absolute atomic E-state index is 0.0597. The topological polar surface area (TPSA) is 72.2 Å². The Morgan fingerprint density at radius 1 is 1.37 bits per heavy atom. The average molecular weight is 262 g/mol. The summed E-state index contributed by atoms with van der Waals surface area (Å²) in [5, 5.41) is 13.6. The van der Waals surface area contributed by atoms with E-state index in [1.807, 2.05) is 25.1 Å². The molecule has 0 heterocycles. The number of aryl methyl sites for hydroxylation is 2. The van der Waals surface area contributed by atoms with Crippen molar-refractivity contribution in [1.29, 1.82) is 0 Å². The molecule has 1 N–H and O–H groups in total. The normalized spacial score (nSPS) is 10.7. The number of nitro benzene ring substituents is 1. The summed E-state index contributed by atoms with van der Waals surface area (Å²) in [7, 11) is 0. The lowest BCUT2D eigenvalue weighted by Gasteiger charge is -2.04. The van der Waals surface area contributed by atoms with Gasteiger partial charge in [0.1, 0.15) is 0 Å². The summed E-state index contributed by atoms with van der Waals surface area (Å²) in [6.07, 6.45) is 4.45. The first-order valence-electron chi connectivity index (χ1n) is 6.08. The highest BCUT2D eigenvalue weighted by atomic mass is 16.6. The van der Waals surface area contributed by atoms with E-state index in [-0.39, 0.29) is 16.5 Å². The quantitative estimate of drug-likeness (QED) is 0.504. The van der Waals surface area contributed by atoms with Gasteiger partial charge in [-0.1, -0.05) is 12.2 Å². The molecule has 1 rings (SSSR count). The standard InChI is InChI=1S/C14H18N2O3/c1-10-8-11(2)14(16(18)19)9-13(10)6-4-5-7-15-12(3)17/h4,6,8-9H,5,7H2,1-3H3,(H,15,17). The zero-order chi connectivity index (χ0) is 14.4. The van der Waals surface area contributed by atoms with E-state index in [1.54, 1.807) is 13.0 Å². The highest BCUT2D eigenvalue weighted by Crippen LogP contribution is 2.23. The van der Waals surface area contributed by atoms with Crippen LogP contribution in [0.4, 0.5) is 5.69 Å². The van der Waals surface area contributed by atoms with Crippen LogP contribution in [0.25, 0.3) is 6.08 Å². The first-order chi connectivity index (χ1) is 8.91. The summed E-state index contributed by atoms with van der Waals surface area (Å²) in [4.78, 5) is 21.2. The fourth-order valence-electron chi connectivity index (χ4n) is 1.78. The molecule has 0 atom stereocenters. The SMILES string of the molecule is CC(=O)NCCC=Cc1cc([N+](=O)[O-])c(C)cc1C. The minimum Gasteiger partial charge on any atom is -0.356 e. The monoisotopic (exact) mass is 262 g/mol. The van der Waals surface area contributed by atoms with Crippen LogP contribution in [0.2, 0.25) is 0 Å². The van der Waals surface area contributed by atoms with E-state index < -0.39 is 0 Å². The molecule has 0 aliphatic heterocycles. The van der Waals surface area contributed by atoms with E-state index in [9.17, 15) is 14.9 Å². The predicted molar refractivity (Wildman–Crippen MR) is 74.9 cm³/mol. The van der Waals surface area contributed by atoms with Gasteiger partial charge >= 0.3 is 0 Å². The summed E-state index contributed by atoms with van der Waals surface area (Å²) in [6.45, 7) is 5.69. The van der Waals surface area contributed by atoms with E-state index in [4.69, 9.17) is 0 Å². The predicted octanol–water partition coefficient (Wildman–Crippen LogP) is 2.75. The molecule has 0 radical (unpaired) electrons. The van der Waals surface area contributed by atoms with Gasteiger partial charge in [0.2, 0.25) is 5.91 Å². The van der Waals surface area contributed by atoms with Gasteiger partial charge in [-0.05, 0) is 37.5 Å². The number of nitrogens with one attached hydrogen (secondary N) is 1. The summed E-state index contributed by atoms with van der Waals surface area (Å²) in [5.41, 5.74) is 2.63. The molecule has 0 saturated heterocycles. The number of carbonyl (C=O) groups is 1.